The zero-order valence-electron chi connectivity index (χ0n) is 22.1. The van der Waals surface area contributed by atoms with Gasteiger partial charge in [-0.05, 0) is 40.4 Å². The molecule has 3 saturated heterocycles. The van der Waals surface area contributed by atoms with Gasteiger partial charge in [0.25, 0.3) is 0 Å². The van der Waals surface area contributed by atoms with Crippen molar-refractivity contribution in [1.29, 1.82) is 0 Å². The van der Waals surface area contributed by atoms with Crippen LogP contribution >= 0.6 is 0 Å². The summed E-state index contributed by atoms with van der Waals surface area (Å²) >= 11 is 0. The number of hydrogen-bond donors (Lipinski definition) is 0. The molecule has 19 heteroatoms. The number of alkyl halides is 9. The summed E-state index contributed by atoms with van der Waals surface area (Å²) in [5.41, 5.74) is 0. The van der Waals surface area contributed by atoms with E-state index in [0.717, 1.165) is 0 Å². The van der Waals surface area contributed by atoms with Crippen LogP contribution in [0.2, 0.25) is 0 Å². The molecule has 3 aliphatic rings. The van der Waals surface area contributed by atoms with Gasteiger partial charge in [-0.2, -0.15) is 0 Å². The molecule has 0 spiro atoms. The van der Waals surface area contributed by atoms with Gasteiger partial charge in [-0.25, -0.2) is 13.2 Å². The van der Waals surface area contributed by atoms with Gasteiger partial charge in [-0.15, -0.1) is 26.3 Å². The first-order chi connectivity index (χ1) is 18.4. The summed E-state index contributed by atoms with van der Waals surface area (Å²) in [7, 11) is 0.597. The lowest BCUT2D eigenvalue weighted by molar-refractivity contribution is -0.435. The van der Waals surface area contributed by atoms with Crippen LogP contribution in [0.3, 0.4) is 0 Å². The molecule has 0 amide bonds. The molecule has 0 saturated carbocycles. The molecule has 3 rings (SSSR count). The monoisotopic (exact) mass is 605 g/mol. The molecule has 0 bridgehead atoms. The van der Waals surface area contributed by atoms with Crippen molar-refractivity contribution < 1.29 is 67.7 Å². The lowest BCUT2D eigenvalue weighted by Gasteiger charge is -2.36. The summed E-state index contributed by atoms with van der Waals surface area (Å²) in [6.07, 6.45) is -26.1. The number of hydrogen-bond acceptors (Lipinski definition) is 9. The van der Waals surface area contributed by atoms with E-state index in [1.165, 1.54) is 35.8 Å². The smallest absolute Gasteiger partial charge is 0.301 e. The van der Waals surface area contributed by atoms with Crippen molar-refractivity contribution in [2.24, 2.45) is 0 Å². The average molecular weight is 605 g/mol. The lowest BCUT2D eigenvalue weighted by atomic mass is 10.1. The number of halogens is 9. The van der Waals surface area contributed by atoms with Crippen LogP contribution in [0.25, 0.3) is 0 Å². The highest BCUT2D eigenvalue weighted by atomic mass is 19.3. The maximum absolute atomic E-state index is 14.5. The summed E-state index contributed by atoms with van der Waals surface area (Å²) in [6, 6.07) is 0. The van der Waals surface area contributed by atoms with Gasteiger partial charge in [0, 0.05) is 38.9 Å². The van der Waals surface area contributed by atoms with Crippen molar-refractivity contribution in [3.8, 4) is 0 Å². The van der Waals surface area contributed by atoms with Crippen LogP contribution in [0, 0.1) is 0 Å². The summed E-state index contributed by atoms with van der Waals surface area (Å²) in [5, 5.41) is 0. The van der Waals surface area contributed by atoms with Crippen molar-refractivity contribution in [1.82, 2.24) is 14.7 Å². The number of nitrogens with zero attached hydrogens (tertiary/aromatic N) is 3. The van der Waals surface area contributed by atoms with Crippen LogP contribution in [-0.2, 0) is 28.2 Å². The largest absolute Gasteiger partial charge is 0.658 e. The number of rotatable bonds is 12. The topological polar surface area (TPSA) is 65.1 Å². The van der Waals surface area contributed by atoms with Crippen LogP contribution in [0.5, 0.6) is 0 Å². The molecular formula is C21H33BF9N3O6. The fourth-order valence-corrected chi connectivity index (χ4v) is 4.40. The van der Waals surface area contributed by atoms with Crippen molar-refractivity contribution >= 4 is 7.32 Å². The highest BCUT2D eigenvalue weighted by Crippen LogP contribution is 2.34. The molecular weight excluding hydrogens is 572 g/mol. The first kappa shape index (κ1) is 33.6. The Morgan fingerprint density at radius 2 is 0.775 bits per heavy atom. The summed E-state index contributed by atoms with van der Waals surface area (Å²) in [4.78, 5) is 3.62. The first-order valence-electron chi connectivity index (χ1n) is 12.7. The Bertz CT molecular complexity index is 713. The Morgan fingerprint density at radius 1 is 0.525 bits per heavy atom. The van der Waals surface area contributed by atoms with E-state index in [1.54, 1.807) is 0 Å². The third-order valence-corrected chi connectivity index (χ3v) is 6.83. The lowest BCUT2D eigenvalue weighted by Crippen LogP contribution is -2.51. The van der Waals surface area contributed by atoms with E-state index in [0.29, 0.717) is 0 Å². The number of piperidine rings is 3. The van der Waals surface area contributed by atoms with E-state index in [4.69, 9.17) is 0 Å². The van der Waals surface area contributed by atoms with Crippen LogP contribution < -0.4 is 0 Å². The second-order valence-corrected chi connectivity index (χ2v) is 10.1. The predicted molar refractivity (Wildman–Crippen MR) is 119 cm³/mol. The van der Waals surface area contributed by atoms with Crippen molar-refractivity contribution in [3.05, 3.63) is 0 Å². The van der Waals surface area contributed by atoms with E-state index in [1.807, 2.05) is 0 Å². The Labute approximate surface area is 225 Å². The molecule has 0 aromatic rings. The highest BCUT2D eigenvalue weighted by Gasteiger charge is 2.54. The highest BCUT2D eigenvalue weighted by molar-refractivity contribution is 6.36. The quantitative estimate of drug-likeness (QED) is 0.143. The first-order valence-corrected chi connectivity index (χ1v) is 12.7. The van der Waals surface area contributed by atoms with Gasteiger partial charge in [0.05, 0.1) is 18.3 Å². The Hall–Kier alpha value is -0.925. The molecule has 9 nitrogen and oxygen atoms in total. The van der Waals surface area contributed by atoms with E-state index < -0.39 is 82.7 Å². The number of likely N-dealkylation sites (tertiary alicyclic amines) is 3. The fraction of sp³-hybridized carbons (Fsp3) is 1.00. The summed E-state index contributed by atoms with van der Waals surface area (Å²) in [5.74, 6) is 0. The molecule has 0 aliphatic carbocycles. The van der Waals surface area contributed by atoms with Crippen molar-refractivity contribution in [2.75, 3.05) is 40.8 Å². The minimum absolute atomic E-state index is 0.00551. The Morgan fingerprint density at radius 3 is 1.00 bits per heavy atom. The molecule has 3 aliphatic heterocycles. The van der Waals surface area contributed by atoms with Crippen molar-refractivity contribution in [2.45, 2.75) is 94.6 Å². The van der Waals surface area contributed by atoms with E-state index in [-0.39, 0.29) is 38.9 Å². The molecule has 3 heterocycles. The van der Waals surface area contributed by atoms with Crippen LogP contribution in [-0.4, -0.2) is 119 Å². The zero-order valence-corrected chi connectivity index (χ0v) is 22.1. The Balaban J connectivity index is 1.68. The van der Waals surface area contributed by atoms with Crippen molar-refractivity contribution in [3.63, 3.8) is 0 Å². The minimum Gasteiger partial charge on any atom is -0.301 e. The van der Waals surface area contributed by atoms with Gasteiger partial charge >= 0.3 is 26.2 Å². The van der Waals surface area contributed by atoms with Gasteiger partial charge in [-0.1, -0.05) is 0 Å². The van der Waals surface area contributed by atoms with Gasteiger partial charge in [0.1, 0.15) is 0 Å². The average Bonchev–Trinajstić information content (AvgIpc) is 2.79. The van der Waals surface area contributed by atoms with E-state index in [2.05, 4.69) is 28.2 Å². The second kappa shape index (κ2) is 13.6. The molecule has 6 atom stereocenters. The van der Waals surface area contributed by atoms with Gasteiger partial charge in [0.15, 0.2) is 18.9 Å². The summed E-state index contributed by atoms with van der Waals surface area (Å²) in [6.45, 7) is -0.0165. The third kappa shape index (κ3) is 10.4. The minimum atomic E-state index is -4.88. The number of ether oxygens (including phenoxy) is 3. The standard InChI is InChI=1S/C21H33BF9N3O6/c1-32-7-4-13(10-16(32)23)35-19(26,27)38-22(39-20(28,29)36-14-5-8-33(2)17(24)11-14)40-21(30,31)37-15-6-9-34(3)18(25)12-15/h13-18H,4-12H2,1-3H3. The maximum Gasteiger partial charge on any atom is 0.658 e. The maximum atomic E-state index is 14.5. The molecule has 3 fully saturated rings. The van der Waals surface area contributed by atoms with Gasteiger partial charge in [-0.3, -0.25) is 28.9 Å². The normalized spacial score (nSPS) is 32.4. The SMILES string of the molecule is CN1CCC(OC(F)(F)OB(OC(F)(F)OC2CCN(C)C(F)C2)OC(F)(F)OC2CCN(C)C(F)C2)CC1F. The fourth-order valence-electron chi connectivity index (χ4n) is 4.40. The molecule has 0 aromatic carbocycles. The summed E-state index contributed by atoms with van der Waals surface area (Å²) < 4.78 is 153. The molecule has 6 unspecified atom stereocenters. The van der Waals surface area contributed by atoms with Gasteiger partial charge in [0.2, 0.25) is 0 Å². The molecule has 234 valence electrons. The van der Waals surface area contributed by atoms with Gasteiger partial charge < -0.3 is 14.0 Å². The molecule has 0 radical (unpaired) electrons. The van der Waals surface area contributed by atoms with Crippen LogP contribution in [0.4, 0.5) is 39.5 Å². The third-order valence-electron chi connectivity index (χ3n) is 6.83. The zero-order chi connectivity index (χ0) is 29.9. The predicted octanol–water partition coefficient (Wildman–Crippen LogP) is 3.89. The van der Waals surface area contributed by atoms with E-state index >= 15 is 0 Å². The molecule has 40 heavy (non-hydrogen) atoms. The Kier molecular flexibility index (Phi) is 11.4. The molecule has 0 aromatic heterocycles. The van der Waals surface area contributed by atoms with Crippen LogP contribution in [0.15, 0.2) is 0 Å². The second-order valence-electron chi connectivity index (χ2n) is 10.1. The van der Waals surface area contributed by atoms with E-state index in [9.17, 15) is 39.5 Å². The van der Waals surface area contributed by atoms with Crippen LogP contribution in [0.1, 0.15) is 38.5 Å². The molecule has 0 N–H and O–H groups in total.